The molecule has 2 aliphatic heterocycles. The lowest BCUT2D eigenvalue weighted by molar-refractivity contribution is -0.144. The summed E-state index contributed by atoms with van der Waals surface area (Å²) in [6.45, 7) is 0.192. The zero-order valence-electron chi connectivity index (χ0n) is 10.1. The second-order valence-corrected chi connectivity index (χ2v) is 5.96. The van der Waals surface area contributed by atoms with Crippen LogP contribution >= 0.6 is 0 Å². The number of carbonyl (C=O) groups excluding carboxylic acids is 1. The van der Waals surface area contributed by atoms with Crippen LogP contribution in [0.15, 0.2) is 24.3 Å². The third kappa shape index (κ3) is 1.19. The van der Waals surface area contributed by atoms with Crippen molar-refractivity contribution in [3.63, 3.8) is 0 Å². The molecule has 1 amide bonds. The lowest BCUT2D eigenvalue weighted by Gasteiger charge is -2.56. The maximum Gasteiger partial charge on any atom is 0.261 e. The molecule has 0 aromatic heterocycles. The van der Waals surface area contributed by atoms with Crippen LogP contribution in [-0.2, 0) is 20.3 Å². The van der Waals surface area contributed by atoms with Gasteiger partial charge in [-0.2, -0.15) is 0 Å². The number of hydrogen-bond acceptors (Lipinski definition) is 4. The first kappa shape index (κ1) is 11.7. The van der Waals surface area contributed by atoms with Crippen molar-refractivity contribution < 1.29 is 18.5 Å². The highest BCUT2D eigenvalue weighted by atomic mass is 32.2. The Morgan fingerprint density at radius 3 is 2.89 bits per heavy atom. The van der Waals surface area contributed by atoms with Gasteiger partial charge in [0.25, 0.3) is 5.91 Å². The Hall–Kier alpha value is -1.40. The van der Waals surface area contributed by atoms with Gasteiger partial charge >= 0.3 is 0 Å². The number of amides is 1. The molecule has 18 heavy (non-hydrogen) atoms. The fraction of sp³-hybridized carbons (Fsp3) is 0.417. The van der Waals surface area contributed by atoms with Crippen molar-refractivity contribution in [2.45, 2.75) is 11.0 Å². The number of methoxy groups -OCH3 is 1. The van der Waals surface area contributed by atoms with Crippen molar-refractivity contribution in [3.8, 4) is 5.75 Å². The smallest absolute Gasteiger partial charge is 0.261 e. The van der Waals surface area contributed by atoms with Crippen LogP contribution < -0.4 is 9.64 Å². The van der Waals surface area contributed by atoms with Gasteiger partial charge in [0.15, 0.2) is 11.0 Å². The highest BCUT2D eigenvalue weighted by molar-refractivity contribution is 7.86. The van der Waals surface area contributed by atoms with E-state index < -0.39 is 21.8 Å². The number of anilines is 1. The predicted octanol–water partition coefficient (Wildman–Crippen LogP) is 0.515. The maximum absolute atomic E-state index is 12.1. The number of carbonyl (C=O) groups is 1. The number of rotatable bonds is 2. The van der Waals surface area contributed by atoms with E-state index in [1.165, 1.54) is 7.11 Å². The van der Waals surface area contributed by atoms with Crippen molar-refractivity contribution in [2.75, 3.05) is 24.9 Å². The van der Waals surface area contributed by atoms with Gasteiger partial charge < -0.3 is 9.47 Å². The molecule has 0 N–H and O–H groups in total. The summed E-state index contributed by atoms with van der Waals surface area (Å²) in [6.07, 6.45) is 0.875. The van der Waals surface area contributed by atoms with Crippen molar-refractivity contribution in [1.29, 1.82) is 0 Å². The van der Waals surface area contributed by atoms with Crippen LogP contribution in [0.25, 0.3) is 0 Å². The number of para-hydroxylation sites is 2. The standard InChI is InChI=1S/C12H13NO4S/c1-16-10-11(14)13-8-5-3-4-6-9(8)17-7-12(10,13)18(2)15/h3-6,10H,7H2,1-2H3. The summed E-state index contributed by atoms with van der Waals surface area (Å²) < 4.78 is 22.9. The van der Waals surface area contributed by atoms with E-state index in [9.17, 15) is 9.00 Å². The molecule has 3 rings (SSSR count). The number of ether oxygens (including phenoxy) is 2. The van der Waals surface area contributed by atoms with Crippen molar-refractivity contribution in [2.24, 2.45) is 0 Å². The molecule has 3 unspecified atom stereocenters. The van der Waals surface area contributed by atoms with Crippen LogP contribution in [0, 0.1) is 0 Å². The Bertz CT molecular complexity index is 547. The van der Waals surface area contributed by atoms with Crippen LogP contribution in [0.3, 0.4) is 0 Å². The SMILES string of the molecule is COC1C(=O)N2c3ccccc3OCC12S(C)=O. The molecular weight excluding hydrogens is 254 g/mol. The lowest BCUT2D eigenvalue weighted by atomic mass is 9.94. The van der Waals surface area contributed by atoms with E-state index in [0.29, 0.717) is 11.4 Å². The minimum Gasteiger partial charge on any atom is -0.488 e. The van der Waals surface area contributed by atoms with E-state index in [4.69, 9.17) is 9.47 Å². The first-order valence-corrected chi connectivity index (χ1v) is 7.11. The van der Waals surface area contributed by atoms with Gasteiger partial charge in [0.05, 0.1) is 16.5 Å². The molecule has 0 aliphatic carbocycles. The van der Waals surface area contributed by atoms with Gasteiger partial charge in [0.1, 0.15) is 12.4 Å². The van der Waals surface area contributed by atoms with Crippen molar-refractivity contribution in [1.82, 2.24) is 0 Å². The molecular formula is C12H13NO4S. The van der Waals surface area contributed by atoms with Crippen molar-refractivity contribution in [3.05, 3.63) is 24.3 Å². The van der Waals surface area contributed by atoms with Crippen LogP contribution in [0.4, 0.5) is 5.69 Å². The summed E-state index contributed by atoms with van der Waals surface area (Å²) in [7, 11) is 0.190. The van der Waals surface area contributed by atoms with E-state index in [1.54, 1.807) is 23.3 Å². The Morgan fingerprint density at radius 1 is 1.50 bits per heavy atom. The zero-order chi connectivity index (χ0) is 12.9. The van der Waals surface area contributed by atoms with E-state index in [0.717, 1.165) is 0 Å². The molecule has 5 nitrogen and oxygen atoms in total. The Kier molecular flexibility index (Phi) is 2.46. The maximum atomic E-state index is 12.1. The average Bonchev–Trinajstić information content (AvgIpc) is 2.36. The predicted molar refractivity (Wildman–Crippen MR) is 67.0 cm³/mol. The summed E-state index contributed by atoms with van der Waals surface area (Å²) in [5.74, 6) is 0.477. The Labute approximate surface area is 107 Å². The number of nitrogens with zero attached hydrogens (tertiary/aromatic N) is 1. The van der Waals surface area contributed by atoms with E-state index >= 15 is 0 Å². The topological polar surface area (TPSA) is 55.8 Å². The highest BCUT2D eigenvalue weighted by Gasteiger charge is 2.67. The minimum atomic E-state index is -1.26. The fourth-order valence-corrected chi connectivity index (χ4v) is 3.77. The quantitative estimate of drug-likeness (QED) is 0.733. The normalized spacial score (nSPS) is 30.9. The third-order valence-electron chi connectivity index (χ3n) is 3.51. The molecule has 1 fully saturated rings. The second kappa shape index (κ2) is 3.80. The molecule has 2 aliphatic rings. The minimum absolute atomic E-state index is 0.163. The second-order valence-electron chi connectivity index (χ2n) is 4.34. The Balaban J connectivity index is 2.13. The van der Waals surface area contributed by atoms with Gasteiger partial charge in [-0.25, -0.2) is 0 Å². The molecule has 0 spiro atoms. The van der Waals surface area contributed by atoms with Crippen LogP contribution in [-0.4, -0.2) is 41.1 Å². The molecule has 0 saturated carbocycles. The van der Waals surface area contributed by atoms with Crippen LogP contribution in [0.5, 0.6) is 5.75 Å². The summed E-state index contributed by atoms with van der Waals surface area (Å²) in [5, 5.41) is 0. The van der Waals surface area contributed by atoms with Crippen molar-refractivity contribution >= 4 is 22.4 Å². The molecule has 2 heterocycles. The summed E-state index contributed by atoms with van der Waals surface area (Å²) in [4.78, 5) is 12.8. The highest BCUT2D eigenvalue weighted by Crippen LogP contribution is 2.48. The van der Waals surface area contributed by atoms with Crippen LogP contribution in [0.1, 0.15) is 0 Å². The molecule has 1 saturated heterocycles. The van der Waals surface area contributed by atoms with Crippen LogP contribution in [0.2, 0.25) is 0 Å². The number of β-lactam (4-membered cyclic amide) rings is 1. The van der Waals surface area contributed by atoms with E-state index in [1.807, 2.05) is 12.1 Å². The monoisotopic (exact) mass is 267 g/mol. The molecule has 1 aromatic carbocycles. The van der Waals surface area contributed by atoms with Gasteiger partial charge in [0, 0.05) is 13.4 Å². The summed E-state index contributed by atoms with van der Waals surface area (Å²) in [6, 6.07) is 7.25. The van der Waals surface area contributed by atoms with Gasteiger partial charge in [0.2, 0.25) is 0 Å². The molecule has 1 aromatic rings. The third-order valence-corrected chi connectivity index (χ3v) is 5.02. The molecule has 96 valence electrons. The first-order chi connectivity index (χ1) is 8.63. The van der Waals surface area contributed by atoms with Gasteiger partial charge in [-0.1, -0.05) is 12.1 Å². The number of benzene rings is 1. The van der Waals surface area contributed by atoms with Gasteiger partial charge in [-0.3, -0.25) is 13.9 Å². The molecule has 0 radical (unpaired) electrons. The van der Waals surface area contributed by atoms with E-state index in [2.05, 4.69) is 0 Å². The molecule has 0 bridgehead atoms. The summed E-state index contributed by atoms with van der Waals surface area (Å²) in [5.41, 5.74) is 0.664. The summed E-state index contributed by atoms with van der Waals surface area (Å²) >= 11 is 0. The fourth-order valence-electron chi connectivity index (χ4n) is 2.60. The zero-order valence-corrected chi connectivity index (χ0v) is 10.9. The molecule has 6 heteroatoms. The molecule has 3 atom stereocenters. The van der Waals surface area contributed by atoms with Gasteiger partial charge in [-0.15, -0.1) is 0 Å². The Morgan fingerprint density at radius 2 is 2.22 bits per heavy atom. The largest absolute Gasteiger partial charge is 0.488 e. The van der Waals surface area contributed by atoms with E-state index in [-0.39, 0.29) is 12.5 Å². The number of hydrogen-bond donors (Lipinski definition) is 0. The first-order valence-electron chi connectivity index (χ1n) is 5.55. The number of fused-ring (bicyclic) bond motifs is 3. The average molecular weight is 267 g/mol. The van der Waals surface area contributed by atoms with Gasteiger partial charge in [-0.05, 0) is 12.1 Å². The lowest BCUT2D eigenvalue weighted by Crippen LogP contribution is -2.80.